The van der Waals surface area contributed by atoms with Crippen LogP contribution < -0.4 is 4.90 Å². The van der Waals surface area contributed by atoms with Gasteiger partial charge in [-0.15, -0.1) is 10.2 Å². The number of carbonyl (C=O) groups excluding carboxylic acids is 1. The third kappa shape index (κ3) is 2.94. The van der Waals surface area contributed by atoms with Crippen LogP contribution in [0, 0.1) is 11.6 Å². The predicted molar refractivity (Wildman–Crippen MR) is 102 cm³/mol. The average Bonchev–Trinajstić information content (AvgIpc) is 3.39. The lowest BCUT2D eigenvalue weighted by atomic mass is 10.0. The minimum Gasteiger partial charge on any atom is -0.304 e. The SMILES string of the molecule is O=C1c2cc(-c3nn[nH]n3)ccc2CN1c1cccc(-c2ccc(F)c(F)c2)c1. The number of anilines is 1. The molecule has 0 spiro atoms. The van der Waals surface area contributed by atoms with Crippen molar-refractivity contribution in [2.75, 3.05) is 4.90 Å². The van der Waals surface area contributed by atoms with Crippen molar-refractivity contribution in [3.63, 3.8) is 0 Å². The highest BCUT2D eigenvalue weighted by Gasteiger charge is 2.29. The minimum absolute atomic E-state index is 0.146. The van der Waals surface area contributed by atoms with Crippen LogP contribution in [0.4, 0.5) is 14.5 Å². The molecule has 0 fully saturated rings. The van der Waals surface area contributed by atoms with Crippen molar-refractivity contribution in [1.29, 1.82) is 0 Å². The Morgan fingerprint density at radius 3 is 2.52 bits per heavy atom. The summed E-state index contributed by atoms with van der Waals surface area (Å²) in [5, 5.41) is 13.8. The Kier molecular flexibility index (Phi) is 3.90. The van der Waals surface area contributed by atoms with Crippen LogP contribution >= 0.6 is 0 Å². The van der Waals surface area contributed by atoms with Gasteiger partial charge >= 0.3 is 0 Å². The highest BCUT2D eigenvalue weighted by atomic mass is 19.2. The maximum Gasteiger partial charge on any atom is 0.258 e. The van der Waals surface area contributed by atoms with E-state index >= 15 is 0 Å². The molecule has 29 heavy (non-hydrogen) atoms. The van der Waals surface area contributed by atoms with E-state index in [4.69, 9.17) is 0 Å². The van der Waals surface area contributed by atoms with Gasteiger partial charge in [-0.05, 0) is 52.2 Å². The number of benzene rings is 3. The molecule has 6 nitrogen and oxygen atoms in total. The largest absolute Gasteiger partial charge is 0.304 e. The van der Waals surface area contributed by atoms with Crippen molar-refractivity contribution in [2.45, 2.75) is 6.54 Å². The van der Waals surface area contributed by atoms with E-state index in [1.807, 2.05) is 18.2 Å². The lowest BCUT2D eigenvalue weighted by Gasteiger charge is -2.17. The highest BCUT2D eigenvalue weighted by molar-refractivity contribution is 6.10. The summed E-state index contributed by atoms with van der Waals surface area (Å²) in [4.78, 5) is 14.7. The van der Waals surface area contributed by atoms with E-state index < -0.39 is 11.6 Å². The Hall–Kier alpha value is -3.94. The number of rotatable bonds is 3. The van der Waals surface area contributed by atoms with Gasteiger partial charge in [-0.1, -0.05) is 30.3 Å². The van der Waals surface area contributed by atoms with E-state index in [9.17, 15) is 13.6 Å². The Bertz CT molecular complexity index is 1240. The molecule has 2 heterocycles. The Labute approximate surface area is 163 Å². The number of fused-ring (bicyclic) bond motifs is 1. The average molecular weight is 389 g/mol. The molecule has 8 heteroatoms. The first-order valence-electron chi connectivity index (χ1n) is 8.84. The molecule has 0 atom stereocenters. The molecular weight excluding hydrogens is 376 g/mol. The van der Waals surface area contributed by atoms with Gasteiger partial charge < -0.3 is 4.90 Å². The molecule has 0 unspecified atom stereocenters. The normalized spacial score (nSPS) is 13.0. The third-order valence-corrected chi connectivity index (χ3v) is 4.93. The fourth-order valence-electron chi connectivity index (χ4n) is 3.46. The molecule has 1 aromatic heterocycles. The van der Waals surface area contributed by atoms with Crippen LogP contribution in [0.5, 0.6) is 0 Å². The van der Waals surface area contributed by atoms with Gasteiger partial charge in [0, 0.05) is 16.8 Å². The number of tetrazole rings is 1. The molecular formula is C21H13F2N5O. The summed E-state index contributed by atoms with van der Waals surface area (Å²) in [6.45, 7) is 0.419. The van der Waals surface area contributed by atoms with Crippen LogP contribution in [-0.2, 0) is 6.54 Å². The molecule has 1 aliphatic heterocycles. The number of hydrogen-bond donors (Lipinski definition) is 1. The molecule has 5 rings (SSSR count). The second kappa shape index (κ2) is 6.59. The second-order valence-electron chi connectivity index (χ2n) is 6.68. The highest BCUT2D eigenvalue weighted by Crippen LogP contribution is 2.33. The summed E-state index contributed by atoms with van der Waals surface area (Å²) in [5.41, 5.74) is 4.07. The number of nitrogens with zero attached hydrogens (tertiary/aromatic N) is 4. The van der Waals surface area contributed by atoms with Gasteiger partial charge in [-0.3, -0.25) is 4.79 Å². The first-order chi connectivity index (χ1) is 14.1. The van der Waals surface area contributed by atoms with Gasteiger partial charge in [0.15, 0.2) is 11.6 Å². The summed E-state index contributed by atoms with van der Waals surface area (Å²) in [6, 6.07) is 16.4. The van der Waals surface area contributed by atoms with E-state index in [0.29, 0.717) is 40.3 Å². The number of halogens is 2. The second-order valence-corrected chi connectivity index (χ2v) is 6.68. The zero-order valence-corrected chi connectivity index (χ0v) is 14.9. The van der Waals surface area contributed by atoms with E-state index in [-0.39, 0.29) is 5.91 Å². The minimum atomic E-state index is -0.911. The number of aromatic amines is 1. The van der Waals surface area contributed by atoms with Crippen molar-refractivity contribution in [2.24, 2.45) is 0 Å². The van der Waals surface area contributed by atoms with Crippen LogP contribution in [0.2, 0.25) is 0 Å². The summed E-state index contributed by atoms with van der Waals surface area (Å²) in [5.74, 6) is -1.54. The maximum atomic E-state index is 13.6. The van der Waals surface area contributed by atoms with Gasteiger partial charge in [0.25, 0.3) is 5.91 Å². The van der Waals surface area contributed by atoms with Gasteiger partial charge in [-0.2, -0.15) is 5.21 Å². The van der Waals surface area contributed by atoms with Crippen LogP contribution in [0.15, 0.2) is 60.7 Å². The summed E-state index contributed by atoms with van der Waals surface area (Å²) >= 11 is 0. The van der Waals surface area contributed by atoms with Crippen LogP contribution in [0.25, 0.3) is 22.5 Å². The topological polar surface area (TPSA) is 74.8 Å². The standard InChI is InChI=1S/C21H13F2N5O/c22-18-7-6-13(10-19(18)23)12-2-1-3-16(8-12)28-11-15-5-4-14(9-17(15)21(28)29)20-24-26-27-25-20/h1-10H,11H2,(H,24,25,26,27). The van der Waals surface area contributed by atoms with Crippen LogP contribution in [-0.4, -0.2) is 26.5 Å². The number of carbonyl (C=O) groups is 1. The van der Waals surface area contributed by atoms with Crippen molar-refractivity contribution in [3.8, 4) is 22.5 Å². The van der Waals surface area contributed by atoms with Gasteiger partial charge in [0.05, 0.1) is 6.54 Å². The number of H-pyrrole nitrogens is 1. The van der Waals surface area contributed by atoms with Crippen molar-refractivity contribution >= 4 is 11.6 Å². The van der Waals surface area contributed by atoms with Crippen LogP contribution in [0.1, 0.15) is 15.9 Å². The van der Waals surface area contributed by atoms with E-state index in [2.05, 4.69) is 20.6 Å². The van der Waals surface area contributed by atoms with Gasteiger partial charge in [0.1, 0.15) is 0 Å². The third-order valence-electron chi connectivity index (χ3n) is 4.93. The van der Waals surface area contributed by atoms with Gasteiger partial charge in [-0.25, -0.2) is 8.78 Å². The molecule has 0 radical (unpaired) electrons. The maximum absolute atomic E-state index is 13.6. The predicted octanol–water partition coefficient (Wildman–Crippen LogP) is 3.97. The van der Waals surface area contributed by atoms with Crippen molar-refractivity contribution < 1.29 is 13.6 Å². The monoisotopic (exact) mass is 389 g/mol. The zero-order chi connectivity index (χ0) is 20.0. The van der Waals surface area contributed by atoms with Crippen LogP contribution in [0.3, 0.4) is 0 Å². The molecule has 0 aliphatic carbocycles. The molecule has 3 aromatic carbocycles. The van der Waals surface area contributed by atoms with Crippen molar-refractivity contribution in [1.82, 2.24) is 20.6 Å². The molecule has 1 amide bonds. The molecule has 142 valence electrons. The smallest absolute Gasteiger partial charge is 0.258 e. The molecule has 0 bridgehead atoms. The summed E-state index contributed by atoms with van der Waals surface area (Å²) < 4.78 is 26.8. The van der Waals surface area contributed by atoms with Gasteiger partial charge in [0.2, 0.25) is 5.82 Å². The fourth-order valence-corrected chi connectivity index (χ4v) is 3.46. The summed E-state index contributed by atoms with van der Waals surface area (Å²) in [6.07, 6.45) is 0. The van der Waals surface area contributed by atoms with E-state index in [1.54, 1.807) is 29.2 Å². The zero-order valence-electron chi connectivity index (χ0n) is 14.9. The first kappa shape index (κ1) is 17.2. The first-order valence-corrected chi connectivity index (χ1v) is 8.84. The number of hydrogen-bond acceptors (Lipinski definition) is 4. The molecule has 1 N–H and O–H groups in total. The lowest BCUT2D eigenvalue weighted by Crippen LogP contribution is -2.22. The number of aromatic nitrogens is 4. The fraction of sp³-hybridized carbons (Fsp3) is 0.0476. The van der Waals surface area contributed by atoms with Crippen molar-refractivity contribution in [3.05, 3.63) is 83.4 Å². The van der Waals surface area contributed by atoms with E-state index in [0.717, 1.165) is 17.7 Å². The molecule has 0 saturated carbocycles. The van der Waals surface area contributed by atoms with E-state index in [1.165, 1.54) is 6.07 Å². The molecule has 0 saturated heterocycles. The molecule has 4 aromatic rings. The Morgan fingerprint density at radius 2 is 1.72 bits per heavy atom. The number of amides is 1. The lowest BCUT2D eigenvalue weighted by molar-refractivity contribution is 0.0996. The summed E-state index contributed by atoms with van der Waals surface area (Å²) in [7, 11) is 0. The Morgan fingerprint density at radius 1 is 0.897 bits per heavy atom. The number of nitrogens with one attached hydrogen (secondary N) is 1. The quantitative estimate of drug-likeness (QED) is 0.575. The Balaban J connectivity index is 1.48. The molecule has 1 aliphatic rings.